The smallest absolute Gasteiger partial charge is 0.162 e. The van der Waals surface area contributed by atoms with Crippen molar-refractivity contribution in [3.8, 4) is 5.75 Å². The van der Waals surface area contributed by atoms with Crippen molar-refractivity contribution in [3.63, 3.8) is 0 Å². The van der Waals surface area contributed by atoms with Crippen molar-refractivity contribution in [2.75, 3.05) is 14.2 Å². The topological polar surface area (TPSA) is 52.0 Å². The summed E-state index contributed by atoms with van der Waals surface area (Å²) in [6.07, 6.45) is 3.21. The number of ether oxygens (including phenoxy) is 1. The zero-order chi connectivity index (χ0) is 14.7. The summed E-state index contributed by atoms with van der Waals surface area (Å²) in [6, 6.07) is 2.69. The molecule has 0 aromatic carbocycles. The monoisotopic (exact) mass is 278 g/mol. The summed E-state index contributed by atoms with van der Waals surface area (Å²) >= 11 is 0. The third-order valence-corrected chi connectivity index (χ3v) is 3.13. The summed E-state index contributed by atoms with van der Waals surface area (Å²) < 4.78 is 21.2. The van der Waals surface area contributed by atoms with E-state index < -0.39 is 6.04 Å². The lowest BCUT2D eigenvalue weighted by Gasteiger charge is -2.21. The minimum atomic E-state index is -0.420. The first kappa shape index (κ1) is 14.5. The molecule has 6 heteroatoms. The molecule has 1 N–H and O–H groups in total. The summed E-state index contributed by atoms with van der Waals surface area (Å²) in [4.78, 5) is 4.15. The van der Waals surface area contributed by atoms with Crippen LogP contribution in [0, 0.1) is 5.82 Å². The van der Waals surface area contributed by atoms with Crippen LogP contribution in [0.4, 0.5) is 4.39 Å². The number of rotatable bonds is 5. The van der Waals surface area contributed by atoms with Crippen LogP contribution in [-0.4, -0.2) is 28.9 Å². The molecule has 0 fully saturated rings. The number of hydrogen-bond donors (Lipinski definition) is 1. The van der Waals surface area contributed by atoms with E-state index in [1.165, 1.54) is 6.07 Å². The van der Waals surface area contributed by atoms with Gasteiger partial charge in [0, 0.05) is 12.2 Å². The van der Waals surface area contributed by atoms with E-state index in [0.29, 0.717) is 11.4 Å². The molecule has 0 radical (unpaired) electrons. The zero-order valence-electron chi connectivity index (χ0n) is 12.1. The van der Waals surface area contributed by atoms with Gasteiger partial charge in [0.05, 0.1) is 25.0 Å². The van der Waals surface area contributed by atoms with Crippen molar-refractivity contribution in [3.05, 3.63) is 41.7 Å². The third-order valence-electron chi connectivity index (χ3n) is 3.13. The highest BCUT2D eigenvalue weighted by Crippen LogP contribution is 2.31. The molecule has 2 rings (SSSR count). The molecule has 0 bridgehead atoms. The van der Waals surface area contributed by atoms with E-state index in [1.807, 2.05) is 18.5 Å². The maximum Gasteiger partial charge on any atom is 0.162 e. The SMILES string of the molecule is CNC(c1ncccc1F)c1c(OC)cnn1C(C)C. The minimum absolute atomic E-state index is 0.136. The zero-order valence-corrected chi connectivity index (χ0v) is 12.1. The number of nitrogens with one attached hydrogen (secondary N) is 1. The molecule has 108 valence electrons. The molecule has 0 saturated carbocycles. The van der Waals surface area contributed by atoms with Crippen molar-refractivity contribution in [1.29, 1.82) is 0 Å². The summed E-state index contributed by atoms with van der Waals surface area (Å²) in [5, 5.41) is 7.40. The summed E-state index contributed by atoms with van der Waals surface area (Å²) in [5.74, 6) is 0.258. The van der Waals surface area contributed by atoms with Crippen molar-refractivity contribution in [2.45, 2.75) is 25.9 Å². The Labute approximate surface area is 117 Å². The predicted molar refractivity (Wildman–Crippen MR) is 74.3 cm³/mol. The van der Waals surface area contributed by atoms with Gasteiger partial charge in [0.15, 0.2) is 5.75 Å². The van der Waals surface area contributed by atoms with Crippen molar-refractivity contribution < 1.29 is 9.13 Å². The molecule has 1 atom stereocenters. The third kappa shape index (κ3) is 2.51. The maximum absolute atomic E-state index is 14.0. The molecule has 0 aliphatic carbocycles. The Kier molecular flexibility index (Phi) is 4.34. The summed E-state index contributed by atoms with van der Waals surface area (Å²) in [7, 11) is 3.34. The van der Waals surface area contributed by atoms with Gasteiger partial charge < -0.3 is 10.1 Å². The fourth-order valence-corrected chi connectivity index (χ4v) is 2.21. The molecule has 2 aromatic rings. The first-order valence-electron chi connectivity index (χ1n) is 6.49. The van der Waals surface area contributed by atoms with Crippen LogP contribution < -0.4 is 10.1 Å². The van der Waals surface area contributed by atoms with Crippen LogP contribution >= 0.6 is 0 Å². The molecule has 0 spiro atoms. The lowest BCUT2D eigenvalue weighted by Crippen LogP contribution is -2.25. The van der Waals surface area contributed by atoms with Crippen LogP contribution in [0.1, 0.15) is 37.3 Å². The largest absolute Gasteiger partial charge is 0.493 e. The standard InChI is InChI=1S/C14H19FN4O/c1-9(2)19-14(11(20-4)8-18-19)13(16-3)12-10(15)6-5-7-17-12/h5-9,13,16H,1-4H3. The second kappa shape index (κ2) is 6.00. The molecule has 5 nitrogen and oxygen atoms in total. The molecule has 1 unspecified atom stereocenters. The van der Waals surface area contributed by atoms with Crippen LogP contribution in [-0.2, 0) is 0 Å². The van der Waals surface area contributed by atoms with E-state index in [0.717, 1.165) is 5.69 Å². The Morgan fingerprint density at radius 2 is 2.15 bits per heavy atom. The molecule has 0 aliphatic heterocycles. The normalized spacial score (nSPS) is 12.7. The quantitative estimate of drug-likeness (QED) is 0.912. The second-order valence-corrected chi connectivity index (χ2v) is 4.73. The summed E-state index contributed by atoms with van der Waals surface area (Å²) in [5.41, 5.74) is 1.10. The van der Waals surface area contributed by atoms with Gasteiger partial charge in [-0.15, -0.1) is 0 Å². The van der Waals surface area contributed by atoms with E-state index >= 15 is 0 Å². The van der Waals surface area contributed by atoms with Crippen molar-refractivity contribution >= 4 is 0 Å². The van der Waals surface area contributed by atoms with Gasteiger partial charge >= 0.3 is 0 Å². The Morgan fingerprint density at radius 1 is 1.40 bits per heavy atom. The number of halogens is 1. The van der Waals surface area contributed by atoms with Gasteiger partial charge in [-0.2, -0.15) is 5.10 Å². The Balaban J connectivity index is 2.57. The maximum atomic E-state index is 14.0. The molecule has 0 saturated heterocycles. The fourth-order valence-electron chi connectivity index (χ4n) is 2.21. The minimum Gasteiger partial charge on any atom is -0.493 e. The van der Waals surface area contributed by atoms with Gasteiger partial charge in [-0.05, 0) is 33.0 Å². The van der Waals surface area contributed by atoms with Gasteiger partial charge in [-0.1, -0.05) is 0 Å². The number of aromatic nitrogens is 3. The van der Waals surface area contributed by atoms with E-state index in [9.17, 15) is 4.39 Å². The Hall–Kier alpha value is -1.95. The first-order chi connectivity index (χ1) is 9.60. The predicted octanol–water partition coefficient (Wildman–Crippen LogP) is 2.32. The number of methoxy groups -OCH3 is 1. The molecular weight excluding hydrogens is 259 g/mol. The average molecular weight is 278 g/mol. The van der Waals surface area contributed by atoms with Crippen molar-refractivity contribution in [1.82, 2.24) is 20.1 Å². The van der Waals surface area contributed by atoms with Crippen molar-refractivity contribution in [2.24, 2.45) is 0 Å². The van der Waals surface area contributed by atoms with Gasteiger partial charge in [-0.25, -0.2) is 4.39 Å². The Bertz CT molecular complexity index is 582. The van der Waals surface area contributed by atoms with Crippen LogP contribution in [0.25, 0.3) is 0 Å². The molecule has 20 heavy (non-hydrogen) atoms. The molecule has 2 aromatic heterocycles. The number of hydrogen-bond acceptors (Lipinski definition) is 4. The van der Waals surface area contributed by atoms with Crippen LogP contribution in [0.15, 0.2) is 24.5 Å². The lowest BCUT2D eigenvalue weighted by molar-refractivity contribution is 0.393. The second-order valence-electron chi connectivity index (χ2n) is 4.73. The van der Waals surface area contributed by atoms with Gasteiger partial charge in [0.2, 0.25) is 0 Å². The van der Waals surface area contributed by atoms with Crippen LogP contribution in [0.2, 0.25) is 0 Å². The molecule has 2 heterocycles. The van der Waals surface area contributed by atoms with E-state index in [2.05, 4.69) is 15.4 Å². The highest BCUT2D eigenvalue weighted by Gasteiger charge is 2.26. The number of pyridine rings is 1. The first-order valence-corrected chi connectivity index (χ1v) is 6.49. The van der Waals surface area contributed by atoms with Crippen LogP contribution in [0.3, 0.4) is 0 Å². The highest BCUT2D eigenvalue weighted by molar-refractivity contribution is 5.34. The highest BCUT2D eigenvalue weighted by atomic mass is 19.1. The Morgan fingerprint density at radius 3 is 2.70 bits per heavy atom. The van der Waals surface area contributed by atoms with E-state index in [-0.39, 0.29) is 11.9 Å². The fraction of sp³-hybridized carbons (Fsp3) is 0.429. The van der Waals surface area contributed by atoms with Gasteiger partial charge in [-0.3, -0.25) is 9.67 Å². The molecule has 0 aliphatic rings. The number of nitrogens with zero attached hydrogens (tertiary/aromatic N) is 3. The molecular formula is C14H19FN4O. The lowest BCUT2D eigenvalue weighted by atomic mass is 10.1. The van der Waals surface area contributed by atoms with Crippen LogP contribution in [0.5, 0.6) is 5.75 Å². The van der Waals surface area contributed by atoms with E-state index in [1.54, 1.807) is 32.6 Å². The van der Waals surface area contributed by atoms with Gasteiger partial charge in [0.25, 0.3) is 0 Å². The summed E-state index contributed by atoms with van der Waals surface area (Å²) in [6.45, 7) is 4.02. The molecule has 0 amide bonds. The van der Waals surface area contributed by atoms with E-state index in [4.69, 9.17) is 4.74 Å². The average Bonchev–Trinajstić information content (AvgIpc) is 2.86. The van der Waals surface area contributed by atoms with Gasteiger partial charge in [0.1, 0.15) is 11.5 Å².